The number of rotatable bonds is 4. The molecule has 0 spiro atoms. The highest BCUT2D eigenvalue weighted by molar-refractivity contribution is 7.17. The number of anilines is 1. The fourth-order valence-electron chi connectivity index (χ4n) is 2.33. The summed E-state index contributed by atoms with van der Waals surface area (Å²) in [6, 6.07) is 8.75. The lowest BCUT2D eigenvalue weighted by Gasteiger charge is -2.11. The third kappa shape index (κ3) is 2.61. The molecule has 1 aliphatic rings. The lowest BCUT2D eigenvalue weighted by atomic mass is 10.2. The fourth-order valence-corrected chi connectivity index (χ4v) is 3.10. The second-order valence-corrected chi connectivity index (χ2v) is 5.47. The summed E-state index contributed by atoms with van der Waals surface area (Å²) in [7, 11) is 0. The Bertz CT molecular complexity index is 488. The highest BCUT2D eigenvalue weighted by atomic mass is 32.1. The highest BCUT2D eigenvalue weighted by Crippen LogP contribution is 2.24. The first-order valence-corrected chi connectivity index (χ1v) is 7.12. The van der Waals surface area contributed by atoms with Gasteiger partial charge in [0.2, 0.25) is 0 Å². The molecule has 17 heavy (non-hydrogen) atoms. The van der Waals surface area contributed by atoms with Gasteiger partial charge in [0, 0.05) is 23.5 Å². The Morgan fingerprint density at radius 2 is 2.35 bits per heavy atom. The molecule has 3 rings (SSSR count). The van der Waals surface area contributed by atoms with Crippen LogP contribution >= 0.6 is 11.3 Å². The zero-order valence-corrected chi connectivity index (χ0v) is 10.6. The third-order valence-electron chi connectivity index (χ3n) is 3.27. The molecule has 0 aliphatic carbocycles. The largest absolute Gasteiger partial charge is 0.385 e. The first kappa shape index (κ1) is 11.1. The van der Waals surface area contributed by atoms with Gasteiger partial charge < -0.3 is 10.1 Å². The van der Waals surface area contributed by atoms with E-state index in [0.29, 0.717) is 6.10 Å². The van der Waals surface area contributed by atoms with Gasteiger partial charge >= 0.3 is 0 Å². The molecule has 1 saturated heterocycles. The summed E-state index contributed by atoms with van der Waals surface area (Å²) in [6.45, 7) is 1.95. The fraction of sp³-hybridized carbons (Fsp3) is 0.429. The summed E-state index contributed by atoms with van der Waals surface area (Å²) in [5.74, 6) is 0. The molecular formula is C14H17NOS. The monoisotopic (exact) mass is 247 g/mol. The second-order valence-electron chi connectivity index (χ2n) is 4.52. The second kappa shape index (κ2) is 5.07. The van der Waals surface area contributed by atoms with Crippen molar-refractivity contribution in [1.82, 2.24) is 0 Å². The van der Waals surface area contributed by atoms with E-state index in [2.05, 4.69) is 35.0 Å². The Morgan fingerprint density at radius 1 is 1.35 bits per heavy atom. The van der Waals surface area contributed by atoms with Crippen molar-refractivity contribution in [2.24, 2.45) is 0 Å². The Labute approximate surface area is 106 Å². The predicted molar refractivity (Wildman–Crippen MR) is 73.9 cm³/mol. The van der Waals surface area contributed by atoms with E-state index in [-0.39, 0.29) is 0 Å². The first-order chi connectivity index (χ1) is 8.42. The Hall–Kier alpha value is -1.06. The van der Waals surface area contributed by atoms with E-state index in [9.17, 15) is 0 Å². The van der Waals surface area contributed by atoms with Gasteiger partial charge in [0.05, 0.1) is 6.10 Å². The number of nitrogens with one attached hydrogen (secondary N) is 1. The van der Waals surface area contributed by atoms with Crippen molar-refractivity contribution in [2.45, 2.75) is 25.4 Å². The van der Waals surface area contributed by atoms with Gasteiger partial charge in [-0.15, -0.1) is 11.3 Å². The Kier molecular flexibility index (Phi) is 3.29. The molecule has 2 aromatic rings. The van der Waals surface area contributed by atoms with E-state index in [0.717, 1.165) is 19.6 Å². The zero-order chi connectivity index (χ0) is 11.5. The van der Waals surface area contributed by atoms with Crippen LogP contribution in [-0.2, 0) is 4.74 Å². The van der Waals surface area contributed by atoms with Crippen LogP contribution in [0.3, 0.4) is 0 Å². The van der Waals surface area contributed by atoms with E-state index in [1.165, 1.54) is 28.6 Å². The smallest absolute Gasteiger partial charge is 0.0592 e. The van der Waals surface area contributed by atoms with Crippen molar-refractivity contribution in [1.29, 1.82) is 0 Å². The first-order valence-electron chi connectivity index (χ1n) is 6.24. The van der Waals surface area contributed by atoms with Crippen LogP contribution in [0.25, 0.3) is 10.1 Å². The summed E-state index contributed by atoms with van der Waals surface area (Å²) < 4.78 is 6.97. The topological polar surface area (TPSA) is 21.3 Å². The average molecular weight is 247 g/mol. The van der Waals surface area contributed by atoms with E-state index in [1.54, 1.807) is 11.3 Å². The molecule has 1 aromatic carbocycles. The molecule has 2 heterocycles. The molecule has 1 atom stereocenters. The van der Waals surface area contributed by atoms with E-state index >= 15 is 0 Å². The number of benzene rings is 1. The van der Waals surface area contributed by atoms with Gasteiger partial charge in [-0.2, -0.15) is 0 Å². The van der Waals surface area contributed by atoms with E-state index in [4.69, 9.17) is 4.74 Å². The van der Waals surface area contributed by atoms with Crippen LogP contribution in [0.15, 0.2) is 29.6 Å². The summed E-state index contributed by atoms with van der Waals surface area (Å²) in [6.07, 6.45) is 4.05. The number of hydrogen-bond acceptors (Lipinski definition) is 3. The maximum Gasteiger partial charge on any atom is 0.0592 e. The summed E-state index contributed by atoms with van der Waals surface area (Å²) >= 11 is 1.79. The Morgan fingerprint density at radius 3 is 3.24 bits per heavy atom. The van der Waals surface area contributed by atoms with Gasteiger partial charge in [0.25, 0.3) is 0 Å². The maximum atomic E-state index is 5.61. The van der Waals surface area contributed by atoms with Crippen LogP contribution < -0.4 is 5.32 Å². The standard InChI is InChI=1S/C14H17NOS/c1-2-13(16-8-1)5-7-15-12-3-4-14-11(10-12)6-9-17-14/h3-4,6,9-10,13,15H,1-2,5,7-8H2. The molecule has 0 amide bonds. The molecule has 90 valence electrons. The van der Waals surface area contributed by atoms with Gasteiger partial charge in [0.15, 0.2) is 0 Å². The third-order valence-corrected chi connectivity index (χ3v) is 4.17. The number of thiophene rings is 1. The van der Waals surface area contributed by atoms with Gasteiger partial charge in [-0.25, -0.2) is 0 Å². The number of fused-ring (bicyclic) bond motifs is 1. The van der Waals surface area contributed by atoms with Gasteiger partial charge in [-0.1, -0.05) is 0 Å². The summed E-state index contributed by atoms with van der Waals surface area (Å²) in [4.78, 5) is 0. The van der Waals surface area contributed by atoms with Crippen LogP contribution in [0.5, 0.6) is 0 Å². The normalized spacial score (nSPS) is 19.9. The summed E-state index contributed by atoms with van der Waals surface area (Å²) in [5.41, 5.74) is 1.22. The molecule has 2 nitrogen and oxygen atoms in total. The van der Waals surface area contributed by atoms with Crippen molar-refractivity contribution in [3.8, 4) is 0 Å². The maximum absolute atomic E-state index is 5.61. The highest BCUT2D eigenvalue weighted by Gasteiger charge is 2.14. The predicted octanol–water partition coefficient (Wildman–Crippen LogP) is 3.88. The van der Waals surface area contributed by atoms with Crippen LogP contribution in [0, 0.1) is 0 Å². The van der Waals surface area contributed by atoms with Crippen molar-refractivity contribution >= 4 is 27.1 Å². The molecule has 1 aromatic heterocycles. The minimum Gasteiger partial charge on any atom is -0.385 e. The quantitative estimate of drug-likeness (QED) is 0.885. The molecular weight excluding hydrogens is 230 g/mol. The van der Waals surface area contributed by atoms with Crippen molar-refractivity contribution < 1.29 is 4.74 Å². The van der Waals surface area contributed by atoms with Crippen LogP contribution in [-0.4, -0.2) is 19.3 Å². The molecule has 1 aliphatic heterocycles. The molecule has 3 heteroatoms. The van der Waals surface area contributed by atoms with Crippen LogP contribution in [0.4, 0.5) is 5.69 Å². The van der Waals surface area contributed by atoms with Gasteiger partial charge in [-0.3, -0.25) is 0 Å². The molecule has 0 bridgehead atoms. The minimum absolute atomic E-state index is 0.479. The number of ether oxygens (including phenoxy) is 1. The van der Waals surface area contributed by atoms with E-state index < -0.39 is 0 Å². The van der Waals surface area contributed by atoms with Gasteiger partial charge in [-0.05, 0) is 54.3 Å². The molecule has 1 fully saturated rings. The van der Waals surface area contributed by atoms with Crippen LogP contribution in [0.2, 0.25) is 0 Å². The lowest BCUT2D eigenvalue weighted by molar-refractivity contribution is 0.107. The van der Waals surface area contributed by atoms with Gasteiger partial charge in [0.1, 0.15) is 0 Å². The lowest BCUT2D eigenvalue weighted by Crippen LogP contribution is -2.12. The Balaban J connectivity index is 1.56. The molecule has 1 unspecified atom stereocenters. The molecule has 1 N–H and O–H groups in total. The zero-order valence-electron chi connectivity index (χ0n) is 9.82. The number of hydrogen-bond donors (Lipinski definition) is 1. The van der Waals surface area contributed by atoms with E-state index in [1.807, 2.05) is 0 Å². The van der Waals surface area contributed by atoms with Crippen molar-refractivity contribution in [3.05, 3.63) is 29.6 Å². The minimum atomic E-state index is 0.479. The average Bonchev–Trinajstić information content (AvgIpc) is 2.98. The van der Waals surface area contributed by atoms with Crippen molar-refractivity contribution in [2.75, 3.05) is 18.5 Å². The summed E-state index contributed by atoms with van der Waals surface area (Å²) in [5, 5.41) is 6.95. The SMILES string of the molecule is c1cc2cc(NCCC3CCCO3)ccc2s1. The van der Waals surface area contributed by atoms with Crippen LogP contribution in [0.1, 0.15) is 19.3 Å². The molecule has 0 saturated carbocycles. The molecule has 0 radical (unpaired) electrons. The van der Waals surface area contributed by atoms with Crippen molar-refractivity contribution in [3.63, 3.8) is 0 Å².